The number of ether oxygens (including phenoxy) is 1. The Bertz CT molecular complexity index is 1010. The molecule has 8 heteroatoms. The Hall–Kier alpha value is -2.61. The highest BCUT2D eigenvalue weighted by Gasteiger charge is 2.60. The van der Waals surface area contributed by atoms with Gasteiger partial charge in [0.05, 0.1) is 22.0 Å². The molecule has 4 fully saturated rings. The van der Waals surface area contributed by atoms with E-state index < -0.39 is 16.9 Å². The summed E-state index contributed by atoms with van der Waals surface area (Å²) in [4.78, 5) is 41.6. The number of carbonyl (C=O) groups excluding carboxylic acids is 2. The van der Waals surface area contributed by atoms with Crippen LogP contribution in [0.5, 0.6) is 0 Å². The molecule has 4 aliphatic carbocycles. The summed E-state index contributed by atoms with van der Waals surface area (Å²) in [5.41, 5.74) is 0.0463. The third-order valence-corrected chi connectivity index (χ3v) is 6.60. The predicted octanol–water partition coefficient (Wildman–Crippen LogP) is 1.67. The molecule has 148 valence electrons. The smallest absolute Gasteiger partial charge is 0.323 e. The van der Waals surface area contributed by atoms with Crippen LogP contribution in [0, 0.1) is 17.3 Å². The summed E-state index contributed by atoms with van der Waals surface area (Å²) in [6, 6.07) is 4.99. The second kappa shape index (κ2) is 5.94. The third-order valence-electron chi connectivity index (χ3n) is 6.60. The SMILES string of the molecule is O=C(COC(=O)C12C[C@@H]3C[C@@H](CC(O)(C3)C1)C2)Nc1ccc2[nH]c(=O)[nH]c2c1. The van der Waals surface area contributed by atoms with Crippen LogP contribution in [0.3, 0.4) is 0 Å². The summed E-state index contributed by atoms with van der Waals surface area (Å²) in [5, 5.41) is 13.4. The summed E-state index contributed by atoms with van der Waals surface area (Å²) >= 11 is 0. The zero-order chi connectivity index (χ0) is 19.5. The second-order valence-electron chi connectivity index (χ2n) is 8.93. The highest BCUT2D eigenvalue weighted by atomic mass is 16.5. The minimum absolute atomic E-state index is 0.315. The van der Waals surface area contributed by atoms with Crippen LogP contribution >= 0.6 is 0 Å². The Morgan fingerprint density at radius 2 is 1.86 bits per heavy atom. The molecule has 1 aromatic heterocycles. The van der Waals surface area contributed by atoms with Crippen molar-refractivity contribution in [3.05, 3.63) is 28.7 Å². The Morgan fingerprint density at radius 3 is 2.57 bits per heavy atom. The fraction of sp³-hybridized carbons (Fsp3) is 0.550. The van der Waals surface area contributed by atoms with Crippen LogP contribution < -0.4 is 11.0 Å². The minimum atomic E-state index is -0.742. The monoisotopic (exact) mass is 385 g/mol. The number of anilines is 1. The largest absolute Gasteiger partial charge is 0.455 e. The molecule has 6 rings (SSSR count). The Labute approximate surface area is 160 Å². The summed E-state index contributed by atoms with van der Waals surface area (Å²) in [5.74, 6) is -0.0414. The molecular weight excluding hydrogens is 362 g/mol. The van der Waals surface area contributed by atoms with Gasteiger partial charge in [-0.2, -0.15) is 0 Å². The van der Waals surface area contributed by atoms with Gasteiger partial charge < -0.3 is 25.1 Å². The number of aromatic nitrogens is 2. The molecule has 4 atom stereocenters. The number of hydrogen-bond acceptors (Lipinski definition) is 5. The van der Waals surface area contributed by atoms with Gasteiger partial charge in [0.25, 0.3) is 5.91 Å². The standard InChI is InChI=1S/C20H23N3O5/c24-16(21-13-1-2-14-15(4-13)23-18(26)22-14)9-28-17(25)19-5-11-3-12(6-19)8-20(27,7-11)10-19/h1-2,4,11-12,27H,3,5-10H2,(H,21,24)(H2,22,23,26)/t11-,12+,19?,20?. The molecule has 1 heterocycles. The van der Waals surface area contributed by atoms with Gasteiger partial charge in [-0.1, -0.05) is 0 Å². The summed E-state index contributed by atoms with van der Waals surface area (Å²) in [7, 11) is 0. The van der Waals surface area contributed by atoms with Crippen molar-refractivity contribution >= 4 is 28.6 Å². The number of aromatic amines is 2. The predicted molar refractivity (Wildman–Crippen MR) is 101 cm³/mol. The van der Waals surface area contributed by atoms with Gasteiger partial charge in [-0.3, -0.25) is 9.59 Å². The molecule has 0 aliphatic heterocycles. The van der Waals surface area contributed by atoms with Crippen molar-refractivity contribution in [3.63, 3.8) is 0 Å². The number of carbonyl (C=O) groups is 2. The van der Waals surface area contributed by atoms with E-state index in [1.54, 1.807) is 18.2 Å². The average Bonchev–Trinajstić information content (AvgIpc) is 2.96. The zero-order valence-electron chi connectivity index (χ0n) is 15.4. The highest BCUT2D eigenvalue weighted by Crippen LogP contribution is 2.61. The highest BCUT2D eigenvalue weighted by molar-refractivity contribution is 5.95. The number of imidazole rings is 1. The van der Waals surface area contributed by atoms with Crippen molar-refractivity contribution < 1.29 is 19.4 Å². The molecule has 0 spiro atoms. The van der Waals surface area contributed by atoms with E-state index in [9.17, 15) is 19.5 Å². The average molecular weight is 385 g/mol. The Morgan fingerprint density at radius 1 is 1.14 bits per heavy atom. The van der Waals surface area contributed by atoms with E-state index in [-0.39, 0.29) is 18.3 Å². The number of H-pyrrole nitrogens is 2. The maximum Gasteiger partial charge on any atom is 0.323 e. The van der Waals surface area contributed by atoms with Crippen LogP contribution in [0.2, 0.25) is 0 Å². The van der Waals surface area contributed by atoms with Crippen molar-refractivity contribution in [1.82, 2.24) is 9.97 Å². The van der Waals surface area contributed by atoms with E-state index in [1.807, 2.05) is 0 Å². The number of amides is 1. The number of fused-ring (bicyclic) bond motifs is 1. The first-order chi connectivity index (χ1) is 13.3. The summed E-state index contributed by atoms with van der Waals surface area (Å²) in [6.07, 6.45) is 4.60. The lowest BCUT2D eigenvalue weighted by Crippen LogP contribution is -2.58. The number of benzene rings is 1. The topological polar surface area (TPSA) is 124 Å². The number of rotatable bonds is 4. The van der Waals surface area contributed by atoms with Crippen molar-refractivity contribution in [2.45, 2.75) is 44.1 Å². The van der Waals surface area contributed by atoms with Crippen LogP contribution in [0.15, 0.2) is 23.0 Å². The quantitative estimate of drug-likeness (QED) is 0.596. The van der Waals surface area contributed by atoms with Crippen LogP contribution in [-0.4, -0.2) is 39.2 Å². The first-order valence-electron chi connectivity index (χ1n) is 9.74. The van der Waals surface area contributed by atoms with Gasteiger partial charge in [0.15, 0.2) is 6.61 Å². The first kappa shape index (κ1) is 17.5. The number of nitrogens with one attached hydrogen (secondary N) is 3. The van der Waals surface area contributed by atoms with Crippen molar-refractivity contribution in [2.24, 2.45) is 17.3 Å². The maximum absolute atomic E-state index is 12.8. The van der Waals surface area contributed by atoms with Crippen molar-refractivity contribution in [2.75, 3.05) is 11.9 Å². The molecule has 0 radical (unpaired) electrons. The van der Waals surface area contributed by atoms with Crippen molar-refractivity contribution in [3.8, 4) is 0 Å². The normalized spacial score (nSPS) is 33.2. The molecule has 4 saturated carbocycles. The molecule has 4 aliphatic rings. The number of esters is 1. The van der Waals surface area contributed by atoms with Crippen LogP contribution in [0.4, 0.5) is 5.69 Å². The second-order valence-corrected chi connectivity index (χ2v) is 8.93. The Kier molecular flexibility index (Phi) is 3.71. The van der Waals surface area contributed by atoms with Gasteiger partial charge in [0, 0.05) is 5.69 Å². The van der Waals surface area contributed by atoms with Gasteiger partial charge in [-0.25, -0.2) is 4.79 Å². The zero-order valence-corrected chi connectivity index (χ0v) is 15.4. The molecule has 28 heavy (non-hydrogen) atoms. The lowest BCUT2D eigenvalue weighted by molar-refractivity contribution is -0.196. The minimum Gasteiger partial charge on any atom is -0.455 e. The number of hydrogen-bond donors (Lipinski definition) is 4. The molecule has 2 unspecified atom stereocenters. The van der Waals surface area contributed by atoms with Crippen LogP contribution in [0.25, 0.3) is 11.0 Å². The third kappa shape index (κ3) is 2.92. The van der Waals surface area contributed by atoms with E-state index in [0.29, 0.717) is 35.0 Å². The molecule has 0 saturated heterocycles. The first-order valence-corrected chi connectivity index (χ1v) is 9.74. The van der Waals surface area contributed by atoms with Gasteiger partial charge in [-0.05, 0) is 68.6 Å². The molecular formula is C20H23N3O5. The molecule has 4 bridgehead atoms. The van der Waals surface area contributed by atoms with E-state index >= 15 is 0 Å². The Balaban J connectivity index is 1.22. The van der Waals surface area contributed by atoms with Crippen molar-refractivity contribution in [1.29, 1.82) is 0 Å². The van der Waals surface area contributed by atoms with E-state index in [1.165, 1.54) is 0 Å². The van der Waals surface area contributed by atoms with Crippen LogP contribution in [0.1, 0.15) is 38.5 Å². The van der Waals surface area contributed by atoms with E-state index in [4.69, 9.17) is 4.74 Å². The van der Waals surface area contributed by atoms with Crippen LogP contribution in [-0.2, 0) is 14.3 Å². The number of aliphatic hydroxyl groups is 1. The fourth-order valence-corrected chi connectivity index (χ4v) is 6.04. The molecule has 4 N–H and O–H groups in total. The van der Waals surface area contributed by atoms with E-state index in [0.717, 1.165) is 32.1 Å². The lowest BCUT2D eigenvalue weighted by Gasteiger charge is -2.58. The van der Waals surface area contributed by atoms with Gasteiger partial charge in [0.2, 0.25) is 0 Å². The summed E-state index contributed by atoms with van der Waals surface area (Å²) in [6.45, 7) is -0.365. The van der Waals surface area contributed by atoms with E-state index in [2.05, 4.69) is 15.3 Å². The summed E-state index contributed by atoms with van der Waals surface area (Å²) < 4.78 is 5.37. The molecule has 1 aromatic carbocycles. The molecule has 2 aromatic rings. The maximum atomic E-state index is 12.8. The lowest BCUT2D eigenvalue weighted by atomic mass is 9.48. The fourth-order valence-electron chi connectivity index (χ4n) is 6.04. The van der Waals surface area contributed by atoms with Gasteiger partial charge in [0.1, 0.15) is 0 Å². The molecule has 8 nitrogen and oxygen atoms in total. The van der Waals surface area contributed by atoms with Gasteiger partial charge in [-0.15, -0.1) is 0 Å². The van der Waals surface area contributed by atoms with Gasteiger partial charge >= 0.3 is 11.7 Å². The molecule has 1 amide bonds.